The van der Waals surface area contributed by atoms with Crippen molar-refractivity contribution in [2.75, 3.05) is 19.6 Å². The Morgan fingerprint density at radius 1 is 1.38 bits per heavy atom. The topological polar surface area (TPSA) is 46.4 Å². The van der Waals surface area contributed by atoms with E-state index in [-0.39, 0.29) is 16.0 Å². The Balaban J connectivity index is 2.08. The summed E-state index contributed by atoms with van der Waals surface area (Å²) in [6.07, 6.45) is 1.26. The molecule has 1 aliphatic heterocycles. The fourth-order valence-corrected chi connectivity index (χ4v) is 3.62. The van der Waals surface area contributed by atoms with Crippen LogP contribution in [0, 0.1) is 28.9 Å². The molecule has 1 aliphatic rings. The van der Waals surface area contributed by atoms with Gasteiger partial charge in [-0.25, -0.2) is 0 Å². The molecule has 1 heterocycles. The maximum atomic E-state index is 11.0. The molecule has 0 radical (unpaired) electrons. The predicted molar refractivity (Wildman–Crippen MR) is 85.8 cm³/mol. The van der Waals surface area contributed by atoms with Crippen LogP contribution in [0.2, 0.25) is 0 Å². The van der Waals surface area contributed by atoms with Crippen molar-refractivity contribution in [2.24, 2.45) is 11.8 Å². The van der Waals surface area contributed by atoms with Gasteiger partial charge in [-0.2, -0.15) is 0 Å². The summed E-state index contributed by atoms with van der Waals surface area (Å²) in [4.78, 5) is 13.1. The lowest BCUT2D eigenvalue weighted by atomic mass is 9.91. The Hall–Kier alpha value is -1.13. The highest BCUT2D eigenvalue weighted by atomic mass is 35.5. The lowest BCUT2D eigenvalue weighted by molar-refractivity contribution is -0.385. The Bertz CT molecular complexity index is 511. The molecular weight excluding hydrogens is 288 g/mol. The van der Waals surface area contributed by atoms with Crippen LogP contribution in [-0.4, -0.2) is 29.5 Å². The average molecular weight is 311 g/mol. The number of aryl methyl sites for hydroxylation is 1. The minimum absolute atomic E-state index is 0.151. The first-order valence-corrected chi connectivity index (χ1v) is 7.91. The molecule has 0 aliphatic carbocycles. The van der Waals surface area contributed by atoms with E-state index in [9.17, 15) is 10.1 Å². The average Bonchev–Trinajstić information content (AvgIpc) is 2.37. The number of nitro benzene ring substituents is 1. The molecule has 0 bridgehead atoms. The summed E-state index contributed by atoms with van der Waals surface area (Å²) in [5, 5.41) is 10.8. The van der Waals surface area contributed by atoms with E-state index in [1.807, 2.05) is 6.07 Å². The standard InChI is InChI=1S/C16H23ClN2O2/c1-11-6-12(2)9-18(8-11)10-15(17)14-5-4-13(3)16(7-14)19(20)21/h4-5,7,11-12,15H,6,8-10H2,1-3H3. The molecule has 0 aromatic heterocycles. The number of nitrogens with zero attached hydrogens (tertiary/aromatic N) is 2. The van der Waals surface area contributed by atoms with Crippen LogP contribution in [0.4, 0.5) is 5.69 Å². The number of nitro groups is 1. The van der Waals surface area contributed by atoms with Crippen molar-refractivity contribution in [2.45, 2.75) is 32.6 Å². The molecular formula is C16H23ClN2O2. The minimum Gasteiger partial charge on any atom is -0.301 e. The van der Waals surface area contributed by atoms with Gasteiger partial charge in [0, 0.05) is 31.3 Å². The lowest BCUT2D eigenvalue weighted by Crippen LogP contribution is -2.40. The molecule has 0 spiro atoms. The highest BCUT2D eigenvalue weighted by Gasteiger charge is 2.24. The molecule has 3 unspecified atom stereocenters. The first kappa shape index (κ1) is 16.2. The minimum atomic E-state index is -0.340. The Morgan fingerprint density at radius 3 is 2.57 bits per heavy atom. The van der Waals surface area contributed by atoms with Crippen LogP contribution in [0.15, 0.2) is 18.2 Å². The summed E-state index contributed by atoms with van der Waals surface area (Å²) in [6.45, 7) is 9.14. The van der Waals surface area contributed by atoms with Crippen LogP contribution in [0.25, 0.3) is 0 Å². The molecule has 1 fully saturated rings. The van der Waals surface area contributed by atoms with Gasteiger partial charge in [-0.15, -0.1) is 11.6 Å². The molecule has 4 nitrogen and oxygen atoms in total. The van der Waals surface area contributed by atoms with Gasteiger partial charge >= 0.3 is 0 Å². The fourth-order valence-electron chi connectivity index (χ4n) is 3.29. The molecule has 0 amide bonds. The number of hydrogen-bond acceptors (Lipinski definition) is 3. The van der Waals surface area contributed by atoms with Gasteiger partial charge in [0.15, 0.2) is 0 Å². The van der Waals surface area contributed by atoms with E-state index in [4.69, 9.17) is 11.6 Å². The lowest BCUT2D eigenvalue weighted by Gasteiger charge is -2.36. The van der Waals surface area contributed by atoms with Crippen molar-refractivity contribution in [1.82, 2.24) is 4.90 Å². The van der Waals surface area contributed by atoms with E-state index < -0.39 is 0 Å². The Kier molecular flexibility index (Phi) is 5.22. The summed E-state index contributed by atoms with van der Waals surface area (Å²) < 4.78 is 0. The first-order chi connectivity index (χ1) is 9.86. The molecule has 5 heteroatoms. The molecule has 3 atom stereocenters. The van der Waals surface area contributed by atoms with Crippen molar-refractivity contribution in [3.63, 3.8) is 0 Å². The zero-order chi connectivity index (χ0) is 15.6. The smallest absolute Gasteiger partial charge is 0.272 e. The van der Waals surface area contributed by atoms with Crippen LogP contribution in [-0.2, 0) is 0 Å². The zero-order valence-corrected chi connectivity index (χ0v) is 13.6. The van der Waals surface area contributed by atoms with Crippen molar-refractivity contribution in [3.8, 4) is 0 Å². The van der Waals surface area contributed by atoms with E-state index in [1.165, 1.54) is 6.42 Å². The van der Waals surface area contributed by atoms with Gasteiger partial charge < -0.3 is 4.90 Å². The predicted octanol–water partition coefficient (Wildman–Crippen LogP) is 4.16. The van der Waals surface area contributed by atoms with Gasteiger partial charge in [0.05, 0.1) is 10.3 Å². The summed E-state index contributed by atoms with van der Waals surface area (Å²) in [5.41, 5.74) is 1.66. The second-order valence-corrected chi connectivity index (χ2v) is 6.96. The number of halogens is 1. The molecule has 0 N–H and O–H groups in total. The van der Waals surface area contributed by atoms with Crippen molar-refractivity contribution < 1.29 is 4.92 Å². The van der Waals surface area contributed by atoms with Crippen LogP contribution in [0.1, 0.15) is 36.8 Å². The molecule has 1 aromatic carbocycles. The van der Waals surface area contributed by atoms with Crippen LogP contribution in [0.5, 0.6) is 0 Å². The molecule has 0 saturated carbocycles. The Morgan fingerprint density at radius 2 is 2.00 bits per heavy atom. The highest BCUT2D eigenvalue weighted by Crippen LogP contribution is 2.29. The molecule has 1 aromatic rings. The largest absolute Gasteiger partial charge is 0.301 e. The SMILES string of the molecule is Cc1ccc(C(Cl)CN2CC(C)CC(C)C2)cc1[N+](=O)[O-]. The molecule has 21 heavy (non-hydrogen) atoms. The number of alkyl halides is 1. The van der Waals surface area contributed by atoms with Gasteiger partial charge in [0.25, 0.3) is 5.69 Å². The van der Waals surface area contributed by atoms with Crippen LogP contribution in [0.3, 0.4) is 0 Å². The zero-order valence-electron chi connectivity index (χ0n) is 12.9. The summed E-state index contributed by atoms with van der Waals surface area (Å²) >= 11 is 6.50. The first-order valence-electron chi connectivity index (χ1n) is 7.48. The van der Waals surface area contributed by atoms with Crippen LogP contribution >= 0.6 is 11.6 Å². The van der Waals surface area contributed by atoms with Crippen molar-refractivity contribution in [1.29, 1.82) is 0 Å². The number of benzene rings is 1. The third kappa shape index (κ3) is 4.17. The van der Waals surface area contributed by atoms with E-state index in [0.29, 0.717) is 17.4 Å². The van der Waals surface area contributed by atoms with E-state index in [1.54, 1.807) is 19.1 Å². The van der Waals surface area contributed by atoms with Gasteiger partial charge in [-0.3, -0.25) is 10.1 Å². The quantitative estimate of drug-likeness (QED) is 0.476. The van der Waals surface area contributed by atoms with E-state index >= 15 is 0 Å². The molecule has 1 saturated heterocycles. The molecule has 2 rings (SSSR count). The number of piperidine rings is 1. The fraction of sp³-hybridized carbons (Fsp3) is 0.625. The van der Waals surface area contributed by atoms with Gasteiger partial charge in [-0.1, -0.05) is 26.0 Å². The number of likely N-dealkylation sites (tertiary alicyclic amines) is 1. The Labute approximate surface area is 131 Å². The maximum Gasteiger partial charge on any atom is 0.272 e. The number of rotatable bonds is 4. The summed E-state index contributed by atoms with van der Waals surface area (Å²) in [5.74, 6) is 1.37. The highest BCUT2D eigenvalue weighted by molar-refractivity contribution is 6.21. The third-order valence-corrected chi connectivity index (χ3v) is 4.54. The monoisotopic (exact) mass is 310 g/mol. The van der Waals surface area contributed by atoms with E-state index in [2.05, 4.69) is 18.7 Å². The normalized spacial score (nSPS) is 24.8. The van der Waals surface area contributed by atoms with Gasteiger partial charge in [-0.05, 0) is 30.7 Å². The second-order valence-electron chi connectivity index (χ2n) is 6.44. The summed E-state index contributed by atoms with van der Waals surface area (Å²) in [7, 11) is 0. The van der Waals surface area contributed by atoms with Crippen molar-refractivity contribution >= 4 is 17.3 Å². The second kappa shape index (κ2) is 6.75. The van der Waals surface area contributed by atoms with Crippen LogP contribution < -0.4 is 0 Å². The molecule has 116 valence electrons. The van der Waals surface area contributed by atoms with Crippen molar-refractivity contribution in [3.05, 3.63) is 39.4 Å². The van der Waals surface area contributed by atoms with Gasteiger partial charge in [0.2, 0.25) is 0 Å². The van der Waals surface area contributed by atoms with Gasteiger partial charge in [0.1, 0.15) is 0 Å². The third-order valence-electron chi connectivity index (χ3n) is 4.15. The number of hydrogen-bond donors (Lipinski definition) is 0. The van der Waals surface area contributed by atoms with E-state index in [0.717, 1.165) is 25.2 Å². The maximum absolute atomic E-state index is 11.0. The summed E-state index contributed by atoms with van der Waals surface area (Å²) in [6, 6.07) is 5.30.